The molecule has 0 aliphatic rings. The van der Waals surface area contributed by atoms with Crippen LogP contribution in [0.15, 0.2) is 4.21 Å². The lowest BCUT2D eigenvalue weighted by Gasteiger charge is -1.99. The highest BCUT2D eigenvalue weighted by molar-refractivity contribution is 8.01. The number of esters is 1. The third-order valence-corrected chi connectivity index (χ3v) is 4.87. The number of thioether (sulfide) groups is 1. The third-order valence-electron chi connectivity index (χ3n) is 2.23. The molecule has 0 spiro atoms. The van der Waals surface area contributed by atoms with Gasteiger partial charge in [-0.3, -0.25) is 14.4 Å². The van der Waals surface area contributed by atoms with Gasteiger partial charge >= 0.3 is 5.97 Å². The van der Waals surface area contributed by atoms with Gasteiger partial charge in [-0.1, -0.05) is 0 Å². The SMILES string of the molecule is CCOC(=O)CC(=O)c1sc(SCC(C)=O)c(C#N)c1O. The molecular formula is C13H13NO5S2. The van der Waals surface area contributed by atoms with Crippen LogP contribution in [0.3, 0.4) is 0 Å². The fraction of sp³-hybridized carbons (Fsp3) is 0.385. The molecule has 0 aliphatic carbocycles. The van der Waals surface area contributed by atoms with Gasteiger partial charge in [0, 0.05) is 0 Å². The fourth-order valence-electron chi connectivity index (χ4n) is 1.38. The van der Waals surface area contributed by atoms with Crippen molar-refractivity contribution >= 4 is 40.6 Å². The van der Waals surface area contributed by atoms with E-state index in [0.717, 1.165) is 23.1 Å². The van der Waals surface area contributed by atoms with Crippen LogP contribution >= 0.6 is 23.1 Å². The number of aromatic hydroxyl groups is 1. The predicted octanol–water partition coefficient (Wildman–Crippen LogP) is 2.14. The minimum absolute atomic E-state index is 0.0431. The van der Waals surface area contributed by atoms with E-state index in [1.54, 1.807) is 13.0 Å². The van der Waals surface area contributed by atoms with E-state index in [4.69, 9.17) is 5.26 Å². The van der Waals surface area contributed by atoms with Crippen LogP contribution in [0.2, 0.25) is 0 Å². The molecule has 0 radical (unpaired) electrons. The number of rotatable bonds is 7. The van der Waals surface area contributed by atoms with Gasteiger partial charge in [-0.15, -0.1) is 23.1 Å². The van der Waals surface area contributed by atoms with Gasteiger partial charge in [-0.25, -0.2) is 0 Å². The Balaban J connectivity index is 2.98. The van der Waals surface area contributed by atoms with E-state index < -0.39 is 23.9 Å². The summed E-state index contributed by atoms with van der Waals surface area (Å²) in [4.78, 5) is 34.1. The number of hydrogen-bond acceptors (Lipinski definition) is 8. The summed E-state index contributed by atoms with van der Waals surface area (Å²) in [5.74, 6) is -1.69. The molecule has 21 heavy (non-hydrogen) atoms. The van der Waals surface area contributed by atoms with Gasteiger partial charge in [0.05, 0.1) is 16.6 Å². The fourth-order valence-corrected chi connectivity index (χ4v) is 3.48. The van der Waals surface area contributed by atoms with Crippen LogP contribution in [0, 0.1) is 11.3 Å². The summed E-state index contributed by atoms with van der Waals surface area (Å²) < 4.78 is 5.05. The van der Waals surface area contributed by atoms with E-state index in [1.165, 1.54) is 6.92 Å². The molecule has 1 aromatic rings. The molecule has 1 heterocycles. The van der Waals surface area contributed by atoms with Gasteiger partial charge in [0.1, 0.15) is 28.7 Å². The average molecular weight is 327 g/mol. The van der Waals surface area contributed by atoms with Crippen LogP contribution in [0.4, 0.5) is 0 Å². The molecule has 0 aliphatic heterocycles. The number of ketones is 2. The molecule has 0 aromatic carbocycles. The van der Waals surface area contributed by atoms with E-state index in [2.05, 4.69) is 4.74 Å². The molecule has 0 atom stereocenters. The summed E-state index contributed by atoms with van der Waals surface area (Å²) in [6, 6.07) is 1.80. The largest absolute Gasteiger partial charge is 0.505 e. The van der Waals surface area contributed by atoms with Crippen molar-refractivity contribution in [3.63, 3.8) is 0 Å². The Hall–Kier alpha value is -1.85. The van der Waals surface area contributed by atoms with E-state index in [1.807, 2.05) is 0 Å². The number of hydrogen-bond donors (Lipinski definition) is 1. The quantitative estimate of drug-likeness (QED) is 0.354. The second-order valence-corrected chi connectivity index (χ2v) is 6.21. The Bertz CT molecular complexity index is 615. The van der Waals surface area contributed by atoms with Crippen LogP contribution in [0.1, 0.15) is 35.5 Å². The molecule has 1 aromatic heterocycles. The number of nitriles is 1. The molecule has 8 heteroatoms. The lowest BCUT2D eigenvalue weighted by atomic mass is 10.2. The molecule has 0 unspecified atom stereocenters. The summed E-state index contributed by atoms with van der Waals surface area (Å²) in [7, 11) is 0. The predicted molar refractivity (Wildman–Crippen MR) is 77.7 cm³/mol. The summed E-state index contributed by atoms with van der Waals surface area (Å²) in [5, 5.41) is 18.9. The molecule has 0 amide bonds. The molecule has 0 saturated carbocycles. The maximum absolute atomic E-state index is 11.9. The first kappa shape index (κ1) is 17.2. The monoisotopic (exact) mass is 327 g/mol. The summed E-state index contributed by atoms with van der Waals surface area (Å²) in [5.41, 5.74) is -0.0431. The van der Waals surface area contributed by atoms with Gasteiger partial charge in [0.25, 0.3) is 0 Å². The van der Waals surface area contributed by atoms with Crippen molar-refractivity contribution in [2.45, 2.75) is 24.5 Å². The summed E-state index contributed by atoms with van der Waals surface area (Å²) in [6.45, 7) is 3.18. The van der Waals surface area contributed by atoms with Gasteiger partial charge in [0.2, 0.25) is 0 Å². The Morgan fingerprint density at radius 1 is 1.43 bits per heavy atom. The lowest BCUT2D eigenvalue weighted by Crippen LogP contribution is -2.10. The van der Waals surface area contributed by atoms with E-state index in [9.17, 15) is 19.5 Å². The number of ether oxygens (including phenoxy) is 1. The zero-order valence-corrected chi connectivity index (χ0v) is 13.1. The molecule has 1 rings (SSSR count). The number of thiophene rings is 1. The lowest BCUT2D eigenvalue weighted by molar-refractivity contribution is -0.141. The van der Waals surface area contributed by atoms with Crippen molar-refractivity contribution in [2.24, 2.45) is 0 Å². The number of carbonyl (C=O) groups is 3. The standard InChI is InChI=1S/C13H13NO5S2/c1-3-19-10(17)4-9(16)12-11(18)8(5-14)13(21-12)20-6-7(2)15/h18H,3-4,6H2,1-2H3. The van der Waals surface area contributed by atoms with Crippen molar-refractivity contribution in [3.8, 4) is 11.8 Å². The Morgan fingerprint density at radius 3 is 2.62 bits per heavy atom. The van der Waals surface area contributed by atoms with Crippen LogP contribution in [-0.4, -0.2) is 35.0 Å². The molecule has 0 saturated heterocycles. The molecule has 6 nitrogen and oxygen atoms in total. The van der Waals surface area contributed by atoms with Crippen molar-refractivity contribution in [1.82, 2.24) is 0 Å². The number of nitrogens with zero attached hydrogens (tertiary/aromatic N) is 1. The minimum atomic E-state index is -0.688. The van der Waals surface area contributed by atoms with Crippen molar-refractivity contribution in [1.29, 1.82) is 5.26 Å². The first-order chi connectivity index (χ1) is 9.90. The highest BCUT2D eigenvalue weighted by Gasteiger charge is 2.24. The maximum atomic E-state index is 11.9. The zero-order chi connectivity index (χ0) is 16.0. The van der Waals surface area contributed by atoms with Gasteiger partial charge in [-0.2, -0.15) is 5.26 Å². The average Bonchev–Trinajstić information content (AvgIpc) is 2.72. The topological polar surface area (TPSA) is 104 Å². The number of Topliss-reactive ketones (excluding diaryl/α,β-unsaturated/α-hetero) is 2. The summed E-state index contributed by atoms with van der Waals surface area (Å²) >= 11 is 1.98. The van der Waals surface area contributed by atoms with Gasteiger partial charge in [-0.05, 0) is 13.8 Å². The van der Waals surface area contributed by atoms with Crippen LogP contribution in [0.25, 0.3) is 0 Å². The highest BCUT2D eigenvalue weighted by atomic mass is 32.2. The van der Waals surface area contributed by atoms with E-state index >= 15 is 0 Å². The molecular weight excluding hydrogens is 314 g/mol. The minimum Gasteiger partial charge on any atom is -0.505 e. The highest BCUT2D eigenvalue weighted by Crippen LogP contribution is 2.40. The normalized spacial score (nSPS) is 9.95. The number of carbonyl (C=O) groups excluding carboxylic acids is 3. The van der Waals surface area contributed by atoms with Crippen LogP contribution < -0.4 is 0 Å². The van der Waals surface area contributed by atoms with Crippen molar-refractivity contribution < 1.29 is 24.2 Å². The summed E-state index contributed by atoms with van der Waals surface area (Å²) in [6.07, 6.45) is -0.496. The Morgan fingerprint density at radius 2 is 2.10 bits per heavy atom. The Labute approximate surface area is 129 Å². The molecule has 112 valence electrons. The second kappa shape index (κ2) is 7.81. The van der Waals surface area contributed by atoms with Crippen molar-refractivity contribution in [3.05, 3.63) is 10.4 Å². The molecule has 1 N–H and O–H groups in total. The van der Waals surface area contributed by atoms with Crippen LogP contribution in [-0.2, 0) is 14.3 Å². The first-order valence-corrected chi connectivity index (χ1v) is 7.77. The Kier molecular flexibility index (Phi) is 6.39. The van der Waals surface area contributed by atoms with E-state index in [-0.39, 0.29) is 28.6 Å². The van der Waals surface area contributed by atoms with Crippen molar-refractivity contribution in [2.75, 3.05) is 12.4 Å². The van der Waals surface area contributed by atoms with E-state index in [0.29, 0.717) is 4.21 Å². The van der Waals surface area contributed by atoms with Gasteiger partial charge < -0.3 is 9.84 Å². The molecule has 0 fully saturated rings. The zero-order valence-electron chi connectivity index (χ0n) is 11.5. The van der Waals surface area contributed by atoms with Gasteiger partial charge in [0.15, 0.2) is 11.5 Å². The second-order valence-electron chi connectivity index (χ2n) is 3.95. The smallest absolute Gasteiger partial charge is 0.313 e. The maximum Gasteiger partial charge on any atom is 0.313 e. The van der Waals surface area contributed by atoms with Crippen LogP contribution in [0.5, 0.6) is 5.75 Å². The third kappa shape index (κ3) is 4.58. The first-order valence-electron chi connectivity index (χ1n) is 5.97. The molecule has 0 bridgehead atoms.